The molecule has 10 heteroatoms. The van der Waals surface area contributed by atoms with Gasteiger partial charge < -0.3 is 20.5 Å². The lowest BCUT2D eigenvalue weighted by atomic mass is 10.1. The van der Waals surface area contributed by atoms with Gasteiger partial charge in [-0.05, 0) is 32.0 Å². The van der Waals surface area contributed by atoms with Gasteiger partial charge in [0.25, 0.3) is 0 Å². The molecule has 0 saturated carbocycles. The van der Waals surface area contributed by atoms with Crippen molar-refractivity contribution in [1.82, 2.24) is 10.6 Å². The summed E-state index contributed by atoms with van der Waals surface area (Å²) in [6.07, 6.45) is -7.01. The van der Waals surface area contributed by atoms with Crippen LogP contribution in [-0.4, -0.2) is 35.9 Å². The highest BCUT2D eigenvalue weighted by atomic mass is 19.4. The molecule has 1 aromatic carbocycles. The van der Waals surface area contributed by atoms with Gasteiger partial charge in [0.2, 0.25) is 0 Å². The Morgan fingerprint density at radius 1 is 1.29 bits per heavy atom. The van der Waals surface area contributed by atoms with E-state index in [-0.39, 0.29) is 17.9 Å². The summed E-state index contributed by atoms with van der Waals surface area (Å²) in [7, 11) is 0. The lowest BCUT2D eigenvalue weighted by molar-refractivity contribution is -0.174. The van der Waals surface area contributed by atoms with Crippen LogP contribution >= 0.6 is 0 Å². The number of hydrogen-bond acceptors (Lipinski definition) is 3. The number of carbonyl (C=O) groups is 2. The quantitative estimate of drug-likeness (QED) is 0.687. The minimum absolute atomic E-state index is 0.00484. The number of hydrogen-bond donors (Lipinski definition) is 3. The SMILES string of the molecule is CC(CNC(=O)O)Oc1ccc(F)cc1C(C)NC(=O)C(F)(F)F. The molecule has 0 fully saturated rings. The van der Waals surface area contributed by atoms with Crippen LogP contribution in [0.5, 0.6) is 5.75 Å². The van der Waals surface area contributed by atoms with E-state index in [0.29, 0.717) is 0 Å². The molecule has 0 radical (unpaired) electrons. The minimum Gasteiger partial charge on any atom is -0.489 e. The molecular weight excluding hydrogens is 336 g/mol. The van der Waals surface area contributed by atoms with E-state index in [1.54, 1.807) is 5.32 Å². The van der Waals surface area contributed by atoms with Crippen LogP contribution in [0.4, 0.5) is 22.4 Å². The highest BCUT2D eigenvalue weighted by Gasteiger charge is 2.39. The molecule has 0 aliphatic carbocycles. The predicted molar refractivity (Wildman–Crippen MR) is 75.1 cm³/mol. The second-order valence-electron chi connectivity index (χ2n) is 4.99. The van der Waals surface area contributed by atoms with Crippen molar-refractivity contribution in [2.75, 3.05) is 6.54 Å². The van der Waals surface area contributed by atoms with Gasteiger partial charge in [-0.15, -0.1) is 0 Å². The number of amides is 2. The number of carboxylic acid groups (broad SMARTS) is 1. The average Bonchev–Trinajstić information content (AvgIpc) is 2.45. The highest BCUT2D eigenvalue weighted by Crippen LogP contribution is 2.28. The zero-order valence-electron chi connectivity index (χ0n) is 12.8. The summed E-state index contributed by atoms with van der Waals surface area (Å²) >= 11 is 0. The van der Waals surface area contributed by atoms with Gasteiger partial charge >= 0.3 is 18.2 Å². The van der Waals surface area contributed by atoms with Gasteiger partial charge in [-0.25, -0.2) is 9.18 Å². The van der Waals surface area contributed by atoms with E-state index in [4.69, 9.17) is 9.84 Å². The number of alkyl halides is 3. The summed E-state index contributed by atoms with van der Waals surface area (Å²) in [6.45, 7) is 2.67. The van der Waals surface area contributed by atoms with Gasteiger partial charge in [-0.1, -0.05) is 0 Å². The lowest BCUT2D eigenvalue weighted by Gasteiger charge is -2.21. The number of benzene rings is 1. The first-order valence-electron chi connectivity index (χ1n) is 6.81. The van der Waals surface area contributed by atoms with Gasteiger partial charge in [0.05, 0.1) is 12.6 Å². The molecule has 2 atom stereocenters. The van der Waals surface area contributed by atoms with E-state index in [1.165, 1.54) is 19.9 Å². The summed E-state index contributed by atoms with van der Waals surface area (Å²) in [5.41, 5.74) is -0.00484. The van der Waals surface area contributed by atoms with Crippen LogP contribution in [0, 0.1) is 5.82 Å². The maximum absolute atomic E-state index is 13.4. The van der Waals surface area contributed by atoms with Crippen molar-refractivity contribution in [1.29, 1.82) is 0 Å². The zero-order valence-corrected chi connectivity index (χ0v) is 12.8. The molecule has 0 heterocycles. The smallest absolute Gasteiger partial charge is 0.471 e. The predicted octanol–water partition coefficient (Wildman–Crippen LogP) is 2.60. The van der Waals surface area contributed by atoms with Crippen LogP contribution in [-0.2, 0) is 4.79 Å². The van der Waals surface area contributed by atoms with Crippen molar-refractivity contribution in [2.24, 2.45) is 0 Å². The Morgan fingerprint density at radius 3 is 2.46 bits per heavy atom. The van der Waals surface area contributed by atoms with Crippen LogP contribution in [0.2, 0.25) is 0 Å². The fourth-order valence-electron chi connectivity index (χ4n) is 1.81. The molecule has 0 aromatic heterocycles. The normalized spacial score (nSPS) is 13.8. The van der Waals surface area contributed by atoms with Crippen molar-refractivity contribution in [3.63, 3.8) is 0 Å². The van der Waals surface area contributed by atoms with Crippen molar-refractivity contribution < 1.29 is 37.0 Å². The molecule has 0 bridgehead atoms. The van der Waals surface area contributed by atoms with E-state index >= 15 is 0 Å². The van der Waals surface area contributed by atoms with Crippen LogP contribution in [0.3, 0.4) is 0 Å². The van der Waals surface area contributed by atoms with Crippen molar-refractivity contribution in [3.05, 3.63) is 29.6 Å². The second-order valence-corrected chi connectivity index (χ2v) is 4.99. The monoisotopic (exact) mass is 352 g/mol. The molecule has 3 N–H and O–H groups in total. The molecule has 2 amide bonds. The molecule has 134 valence electrons. The summed E-state index contributed by atoms with van der Waals surface area (Å²) in [4.78, 5) is 21.4. The Balaban J connectivity index is 2.91. The Morgan fingerprint density at radius 2 is 1.92 bits per heavy atom. The third kappa shape index (κ3) is 5.94. The number of halogens is 4. The Bertz CT molecular complexity index is 607. The number of rotatable bonds is 6. The lowest BCUT2D eigenvalue weighted by Crippen LogP contribution is -2.38. The van der Waals surface area contributed by atoms with E-state index in [1.807, 2.05) is 0 Å². The van der Waals surface area contributed by atoms with Crippen LogP contribution in [0.25, 0.3) is 0 Å². The third-order valence-corrected chi connectivity index (χ3v) is 2.91. The fourth-order valence-corrected chi connectivity index (χ4v) is 1.81. The molecule has 0 saturated heterocycles. The van der Waals surface area contributed by atoms with Crippen molar-refractivity contribution in [3.8, 4) is 5.75 Å². The molecular formula is C14H16F4N2O4. The summed E-state index contributed by atoms with van der Waals surface area (Å²) in [6, 6.07) is 1.99. The first-order valence-corrected chi connectivity index (χ1v) is 6.81. The van der Waals surface area contributed by atoms with Gasteiger partial charge in [-0.3, -0.25) is 4.79 Å². The van der Waals surface area contributed by atoms with Gasteiger partial charge in [0.15, 0.2) is 0 Å². The maximum atomic E-state index is 13.4. The standard InChI is InChI=1S/C14H16F4N2O4/c1-7(6-19-13(22)23)24-11-4-3-9(15)5-10(11)8(2)20-12(21)14(16,17)18/h3-5,7-8,19H,6H2,1-2H3,(H,20,21)(H,22,23). The molecule has 1 rings (SSSR count). The maximum Gasteiger partial charge on any atom is 0.471 e. The minimum atomic E-state index is -5.07. The van der Waals surface area contributed by atoms with Crippen LogP contribution in [0.15, 0.2) is 18.2 Å². The topological polar surface area (TPSA) is 87.7 Å². The average molecular weight is 352 g/mol. The molecule has 6 nitrogen and oxygen atoms in total. The fraction of sp³-hybridized carbons (Fsp3) is 0.429. The van der Waals surface area contributed by atoms with Gasteiger partial charge in [-0.2, -0.15) is 13.2 Å². The summed E-state index contributed by atoms with van der Waals surface area (Å²) in [5.74, 6) is -2.85. The third-order valence-electron chi connectivity index (χ3n) is 2.91. The van der Waals surface area contributed by atoms with Gasteiger partial charge in [0.1, 0.15) is 17.7 Å². The molecule has 1 aromatic rings. The first-order chi connectivity index (χ1) is 11.0. The number of ether oxygens (including phenoxy) is 1. The largest absolute Gasteiger partial charge is 0.489 e. The summed E-state index contributed by atoms with van der Waals surface area (Å²) in [5, 5.41) is 12.3. The molecule has 2 unspecified atom stereocenters. The Labute approximate surface area is 134 Å². The molecule has 0 aliphatic rings. The Hall–Kier alpha value is -2.52. The highest BCUT2D eigenvalue weighted by molar-refractivity contribution is 5.82. The van der Waals surface area contributed by atoms with Gasteiger partial charge in [0, 0.05) is 5.56 Å². The zero-order chi connectivity index (χ0) is 18.5. The number of nitrogens with one attached hydrogen (secondary N) is 2. The van der Waals surface area contributed by atoms with Crippen molar-refractivity contribution >= 4 is 12.0 Å². The Kier molecular flexibility index (Phi) is 6.38. The van der Waals surface area contributed by atoms with E-state index in [9.17, 15) is 27.2 Å². The number of carbonyl (C=O) groups excluding carboxylic acids is 1. The molecule has 0 spiro atoms. The van der Waals surface area contributed by atoms with Crippen molar-refractivity contribution in [2.45, 2.75) is 32.2 Å². The summed E-state index contributed by atoms with van der Waals surface area (Å²) < 4.78 is 55.7. The first kappa shape index (κ1) is 19.5. The van der Waals surface area contributed by atoms with Crippen LogP contribution < -0.4 is 15.4 Å². The molecule has 0 aliphatic heterocycles. The van der Waals surface area contributed by atoms with Crippen LogP contribution in [0.1, 0.15) is 25.5 Å². The van der Waals surface area contributed by atoms with E-state index < -0.39 is 36.1 Å². The second kappa shape index (κ2) is 7.84. The van der Waals surface area contributed by atoms with E-state index in [0.717, 1.165) is 12.1 Å². The van der Waals surface area contributed by atoms with E-state index in [2.05, 4.69) is 5.32 Å². The molecule has 24 heavy (non-hydrogen) atoms.